The number of nitrogens with zero attached hydrogens (tertiary/aromatic N) is 1. The fraction of sp³-hybridized carbons (Fsp3) is 0.733. The van der Waals surface area contributed by atoms with Crippen molar-refractivity contribution >= 4 is 11.3 Å². The highest BCUT2D eigenvalue weighted by molar-refractivity contribution is 7.10. The van der Waals surface area contributed by atoms with E-state index in [0.29, 0.717) is 6.04 Å². The number of aliphatic hydroxyl groups excluding tert-OH is 1. The minimum atomic E-state index is -0.214. The van der Waals surface area contributed by atoms with Crippen molar-refractivity contribution in [3.8, 4) is 0 Å². The number of aliphatic hydroxyl groups is 1. The van der Waals surface area contributed by atoms with Crippen LogP contribution in [0, 0.1) is 5.41 Å². The molecule has 102 valence electrons. The van der Waals surface area contributed by atoms with Gasteiger partial charge in [-0.2, -0.15) is 0 Å². The monoisotopic (exact) mass is 267 g/mol. The molecule has 1 aromatic rings. The Bertz CT molecular complexity index is 393. The fourth-order valence-electron chi connectivity index (χ4n) is 2.59. The van der Waals surface area contributed by atoms with Gasteiger partial charge in [-0.25, -0.2) is 0 Å². The van der Waals surface area contributed by atoms with Gasteiger partial charge in [0.05, 0.1) is 6.10 Å². The Morgan fingerprint density at radius 2 is 2.22 bits per heavy atom. The van der Waals surface area contributed by atoms with Crippen molar-refractivity contribution in [1.82, 2.24) is 4.90 Å². The zero-order chi connectivity index (χ0) is 13.3. The second kappa shape index (κ2) is 5.32. The average molecular weight is 267 g/mol. The van der Waals surface area contributed by atoms with Gasteiger partial charge in [0.25, 0.3) is 0 Å². The third-order valence-electron chi connectivity index (χ3n) is 4.09. The Labute approximate surface area is 115 Å². The first-order chi connectivity index (χ1) is 8.39. The fourth-order valence-corrected chi connectivity index (χ4v) is 3.55. The molecule has 0 amide bonds. The van der Waals surface area contributed by atoms with Gasteiger partial charge in [-0.1, -0.05) is 20.8 Å². The van der Waals surface area contributed by atoms with Crippen LogP contribution in [0.5, 0.6) is 0 Å². The lowest BCUT2D eigenvalue weighted by atomic mass is 9.87. The number of hydrogen-bond acceptors (Lipinski definition) is 3. The summed E-state index contributed by atoms with van der Waals surface area (Å²) in [6.07, 6.45) is 1.82. The van der Waals surface area contributed by atoms with Crippen LogP contribution in [0.2, 0.25) is 0 Å². The van der Waals surface area contributed by atoms with Crippen LogP contribution in [-0.2, 0) is 6.42 Å². The van der Waals surface area contributed by atoms with Gasteiger partial charge in [-0.3, -0.25) is 4.90 Å². The number of fused-ring (bicyclic) bond motifs is 1. The molecule has 2 unspecified atom stereocenters. The van der Waals surface area contributed by atoms with E-state index in [0.717, 1.165) is 19.5 Å². The van der Waals surface area contributed by atoms with Crippen LogP contribution in [0.4, 0.5) is 0 Å². The highest BCUT2D eigenvalue weighted by atomic mass is 32.1. The Kier molecular flexibility index (Phi) is 4.15. The van der Waals surface area contributed by atoms with Crippen LogP contribution in [0.3, 0.4) is 0 Å². The molecule has 1 aromatic heterocycles. The Hall–Kier alpha value is -0.380. The summed E-state index contributed by atoms with van der Waals surface area (Å²) in [7, 11) is 0. The molecule has 1 N–H and O–H groups in total. The lowest BCUT2D eigenvalue weighted by Crippen LogP contribution is -2.37. The van der Waals surface area contributed by atoms with Crippen LogP contribution in [0.25, 0.3) is 0 Å². The highest BCUT2D eigenvalue weighted by Crippen LogP contribution is 2.33. The lowest BCUT2D eigenvalue weighted by Gasteiger charge is -2.35. The van der Waals surface area contributed by atoms with E-state index in [1.807, 2.05) is 11.3 Å². The topological polar surface area (TPSA) is 23.5 Å². The van der Waals surface area contributed by atoms with Gasteiger partial charge in [-0.15, -0.1) is 11.3 Å². The smallest absolute Gasteiger partial charge is 0.0600 e. The average Bonchev–Trinajstić information content (AvgIpc) is 2.75. The van der Waals surface area contributed by atoms with Crippen molar-refractivity contribution in [2.24, 2.45) is 5.41 Å². The molecule has 0 saturated carbocycles. The molecule has 1 aliphatic rings. The third-order valence-corrected chi connectivity index (χ3v) is 5.09. The first-order valence-electron chi connectivity index (χ1n) is 6.88. The van der Waals surface area contributed by atoms with Gasteiger partial charge < -0.3 is 5.11 Å². The standard InChI is InChI=1S/C15H25NOS/c1-11-12-7-10-18-13(12)5-8-16(11)9-6-14(17)15(2,3)4/h7,10-11,14,17H,5-6,8-9H2,1-4H3. The summed E-state index contributed by atoms with van der Waals surface area (Å²) in [6.45, 7) is 10.7. The van der Waals surface area contributed by atoms with Crippen LogP contribution in [0.15, 0.2) is 11.4 Å². The summed E-state index contributed by atoms with van der Waals surface area (Å²) in [5.41, 5.74) is 1.49. The molecular formula is C15H25NOS. The van der Waals surface area contributed by atoms with E-state index < -0.39 is 0 Å². The van der Waals surface area contributed by atoms with Crippen LogP contribution in [0.1, 0.15) is 50.6 Å². The van der Waals surface area contributed by atoms with Crippen LogP contribution >= 0.6 is 11.3 Å². The van der Waals surface area contributed by atoms with Crippen molar-refractivity contribution < 1.29 is 5.11 Å². The zero-order valence-electron chi connectivity index (χ0n) is 11.9. The molecule has 18 heavy (non-hydrogen) atoms. The minimum Gasteiger partial charge on any atom is -0.393 e. The summed E-state index contributed by atoms with van der Waals surface area (Å²) < 4.78 is 0. The summed E-state index contributed by atoms with van der Waals surface area (Å²) >= 11 is 1.88. The van der Waals surface area contributed by atoms with Crippen LogP contribution < -0.4 is 0 Å². The van der Waals surface area contributed by atoms with Crippen molar-refractivity contribution in [2.45, 2.75) is 52.7 Å². The largest absolute Gasteiger partial charge is 0.393 e. The molecular weight excluding hydrogens is 242 g/mol. The number of hydrogen-bond donors (Lipinski definition) is 1. The molecule has 0 spiro atoms. The normalized spacial score (nSPS) is 22.8. The maximum Gasteiger partial charge on any atom is 0.0600 e. The van der Waals surface area contributed by atoms with Gasteiger partial charge in [0.15, 0.2) is 0 Å². The van der Waals surface area contributed by atoms with E-state index in [-0.39, 0.29) is 11.5 Å². The zero-order valence-corrected chi connectivity index (χ0v) is 12.8. The van der Waals surface area contributed by atoms with E-state index in [2.05, 4.69) is 44.0 Å². The van der Waals surface area contributed by atoms with Gasteiger partial charge in [0.1, 0.15) is 0 Å². The van der Waals surface area contributed by atoms with E-state index >= 15 is 0 Å². The SMILES string of the molecule is CC1c2ccsc2CCN1CCC(O)C(C)(C)C. The number of thiophene rings is 1. The first kappa shape index (κ1) is 14.0. The summed E-state index contributed by atoms with van der Waals surface area (Å²) in [5.74, 6) is 0. The van der Waals surface area contributed by atoms with Crippen molar-refractivity contribution in [2.75, 3.05) is 13.1 Å². The quantitative estimate of drug-likeness (QED) is 0.906. The Balaban J connectivity index is 1.93. The summed E-state index contributed by atoms with van der Waals surface area (Å²) in [5, 5.41) is 12.3. The summed E-state index contributed by atoms with van der Waals surface area (Å²) in [6, 6.07) is 2.77. The van der Waals surface area contributed by atoms with Gasteiger partial charge in [0.2, 0.25) is 0 Å². The molecule has 0 radical (unpaired) electrons. The molecule has 1 aliphatic heterocycles. The molecule has 3 heteroatoms. The highest BCUT2D eigenvalue weighted by Gasteiger charge is 2.27. The molecule has 2 rings (SSSR count). The molecule has 0 bridgehead atoms. The van der Waals surface area contributed by atoms with Gasteiger partial charge in [-0.05, 0) is 42.2 Å². The molecule has 2 atom stereocenters. The molecule has 0 fully saturated rings. The minimum absolute atomic E-state index is 0.00737. The van der Waals surface area contributed by atoms with E-state index in [9.17, 15) is 5.11 Å². The van der Waals surface area contributed by atoms with Gasteiger partial charge in [0, 0.05) is 24.0 Å². The Morgan fingerprint density at radius 3 is 2.89 bits per heavy atom. The van der Waals surface area contributed by atoms with E-state index in [1.165, 1.54) is 12.0 Å². The van der Waals surface area contributed by atoms with Crippen LogP contribution in [-0.4, -0.2) is 29.2 Å². The van der Waals surface area contributed by atoms with Crippen molar-refractivity contribution in [1.29, 1.82) is 0 Å². The van der Waals surface area contributed by atoms with Gasteiger partial charge >= 0.3 is 0 Å². The molecule has 2 nitrogen and oxygen atoms in total. The van der Waals surface area contributed by atoms with Crippen molar-refractivity contribution in [3.63, 3.8) is 0 Å². The second-order valence-corrected chi connectivity index (χ2v) is 7.43. The lowest BCUT2D eigenvalue weighted by molar-refractivity contribution is 0.0404. The second-order valence-electron chi connectivity index (χ2n) is 6.43. The molecule has 2 heterocycles. The number of rotatable bonds is 3. The molecule has 0 aliphatic carbocycles. The molecule has 0 aromatic carbocycles. The maximum atomic E-state index is 10.1. The van der Waals surface area contributed by atoms with Crippen molar-refractivity contribution in [3.05, 3.63) is 21.9 Å². The summed E-state index contributed by atoms with van der Waals surface area (Å²) in [4.78, 5) is 4.06. The van der Waals surface area contributed by atoms with E-state index in [1.54, 1.807) is 4.88 Å². The third kappa shape index (κ3) is 2.95. The predicted octanol–water partition coefficient (Wildman–Crippen LogP) is 3.46. The molecule has 0 saturated heterocycles. The first-order valence-corrected chi connectivity index (χ1v) is 7.76. The maximum absolute atomic E-state index is 10.1. The van der Waals surface area contributed by atoms with E-state index in [4.69, 9.17) is 0 Å². The predicted molar refractivity (Wildman–Crippen MR) is 78.1 cm³/mol. The Morgan fingerprint density at radius 1 is 1.50 bits per heavy atom.